The molecule has 1 atom stereocenters. The van der Waals surface area contributed by atoms with Crippen LogP contribution in [0.15, 0.2) is 0 Å². The monoisotopic (exact) mass is 348 g/mol. The topological polar surface area (TPSA) is 52.6 Å². The average Bonchev–Trinajstić information content (AvgIpc) is 2.57. The van der Waals surface area contributed by atoms with E-state index in [1.165, 1.54) is 44.9 Å². The van der Waals surface area contributed by atoms with E-state index in [0.29, 0.717) is 23.8 Å². The summed E-state index contributed by atoms with van der Waals surface area (Å²) >= 11 is 0. The zero-order valence-corrected chi connectivity index (χ0v) is 15.7. The van der Waals surface area contributed by atoms with Crippen LogP contribution in [-0.4, -0.2) is 48.7 Å². The minimum absolute atomic E-state index is 0.300. The highest BCUT2D eigenvalue weighted by Gasteiger charge is 2.51. The van der Waals surface area contributed by atoms with E-state index in [1.54, 1.807) is 0 Å². The summed E-state index contributed by atoms with van der Waals surface area (Å²) in [5, 5.41) is 12.5. The van der Waals surface area contributed by atoms with Gasteiger partial charge in [0, 0.05) is 26.1 Å². The van der Waals surface area contributed by atoms with Gasteiger partial charge in [0.2, 0.25) is 5.91 Å². The molecule has 4 heteroatoms. The second kappa shape index (κ2) is 7.56. The number of nitrogens with zero attached hydrogens (tertiary/aromatic N) is 1. The Labute approximate surface area is 152 Å². The van der Waals surface area contributed by atoms with Gasteiger partial charge < -0.3 is 15.3 Å². The molecule has 5 rings (SSSR count). The number of carbonyl (C=O) groups excluding carboxylic acids is 1. The minimum Gasteiger partial charge on any atom is -0.396 e. The molecule has 0 aromatic heterocycles. The van der Waals surface area contributed by atoms with Crippen LogP contribution < -0.4 is 5.32 Å². The van der Waals surface area contributed by atoms with Crippen LogP contribution in [-0.2, 0) is 4.79 Å². The summed E-state index contributed by atoms with van der Waals surface area (Å²) in [5.74, 6) is 3.54. The molecule has 1 amide bonds. The van der Waals surface area contributed by atoms with Crippen molar-refractivity contribution in [2.24, 2.45) is 29.1 Å². The van der Waals surface area contributed by atoms with Gasteiger partial charge in [-0.3, -0.25) is 4.79 Å². The first-order valence-electron chi connectivity index (χ1n) is 10.7. The maximum Gasteiger partial charge on any atom is 0.220 e. The van der Waals surface area contributed by atoms with Crippen molar-refractivity contribution >= 4 is 5.91 Å². The van der Waals surface area contributed by atoms with E-state index in [0.717, 1.165) is 63.2 Å². The summed E-state index contributed by atoms with van der Waals surface area (Å²) in [4.78, 5) is 15.0. The first-order chi connectivity index (χ1) is 12.1. The van der Waals surface area contributed by atoms with Gasteiger partial charge in [-0.15, -0.1) is 0 Å². The molecular formula is C21H36N2O2. The highest BCUT2D eigenvalue weighted by molar-refractivity contribution is 5.76. The number of likely N-dealkylation sites (tertiary alicyclic amines) is 1. The van der Waals surface area contributed by atoms with Gasteiger partial charge in [-0.2, -0.15) is 0 Å². The number of aliphatic hydroxyl groups excluding tert-OH is 1. The van der Waals surface area contributed by atoms with E-state index in [4.69, 9.17) is 0 Å². The molecule has 2 N–H and O–H groups in total. The minimum atomic E-state index is 0.300. The van der Waals surface area contributed by atoms with Gasteiger partial charge in [-0.25, -0.2) is 0 Å². The van der Waals surface area contributed by atoms with Gasteiger partial charge in [-0.05, 0) is 100.0 Å². The van der Waals surface area contributed by atoms with Gasteiger partial charge in [0.05, 0.1) is 0 Å². The van der Waals surface area contributed by atoms with E-state index in [9.17, 15) is 9.90 Å². The second-order valence-corrected chi connectivity index (χ2v) is 9.79. The molecule has 4 nitrogen and oxygen atoms in total. The largest absolute Gasteiger partial charge is 0.396 e. The molecule has 1 aliphatic heterocycles. The Kier molecular flexibility index (Phi) is 5.38. The predicted molar refractivity (Wildman–Crippen MR) is 99.1 cm³/mol. The average molecular weight is 349 g/mol. The summed E-state index contributed by atoms with van der Waals surface area (Å²) in [6, 6.07) is 0. The van der Waals surface area contributed by atoms with Crippen molar-refractivity contribution in [1.29, 1.82) is 0 Å². The Hall–Kier alpha value is -0.610. The molecule has 0 radical (unpaired) electrons. The van der Waals surface area contributed by atoms with Gasteiger partial charge >= 0.3 is 0 Å². The van der Waals surface area contributed by atoms with Crippen molar-refractivity contribution in [1.82, 2.24) is 10.2 Å². The van der Waals surface area contributed by atoms with Crippen LogP contribution in [0.2, 0.25) is 0 Å². The van der Waals surface area contributed by atoms with Crippen molar-refractivity contribution < 1.29 is 9.90 Å². The first-order valence-corrected chi connectivity index (χ1v) is 10.7. The molecule has 1 saturated heterocycles. The van der Waals surface area contributed by atoms with Gasteiger partial charge in [0.15, 0.2) is 0 Å². The molecule has 1 heterocycles. The Morgan fingerprint density at radius 3 is 2.44 bits per heavy atom. The van der Waals surface area contributed by atoms with Crippen LogP contribution in [0.4, 0.5) is 0 Å². The number of amides is 1. The molecular weight excluding hydrogens is 312 g/mol. The van der Waals surface area contributed by atoms with Crippen molar-refractivity contribution in [3.8, 4) is 0 Å². The standard InChI is InChI=1S/C21H36N2O2/c24-15-16-3-1-5-23(14-16)6-2-4-22-20(25)13-21-10-17-7-18(11-21)9-19(8-17)12-21/h16-19,24H,1-15H2,(H,22,25)/t16-,17?,18?,19?,21?/m1/s1. The van der Waals surface area contributed by atoms with Crippen LogP contribution in [0.3, 0.4) is 0 Å². The van der Waals surface area contributed by atoms with Crippen LogP contribution in [0.25, 0.3) is 0 Å². The number of rotatable bonds is 7. The molecule has 5 fully saturated rings. The van der Waals surface area contributed by atoms with E-state index < -0.39 is 0 Å². The number of hydrogen-bond acceptors (Lipinski definition) is 3. The fraction of sp³-hybridized carbons (Fsp3) is 0.952. The zero-order chi connectivity index (χ0) is 17.3. The summed E-state index contributed by atoms with van der Waals surface area (Å²) in [6.07, 6.45) is 12.5. The maximum absolute atomic E-state index is 12.5. The summed E-state index contributed by atoms with van der Waals surface area (Å²) in [6.45, 7) is 4.35. The van der Waals surface area contributed by atoms with Gasteiger partial charge in [0.1, 0.15) is 0 Å². The first kappa shape index (κ1) is 17.8. The molecule has 0 spiro atoms. The fourth-order valence-corrected chi connectivity index (χ4v) is 6.94. The molecule has 0 aromatic rings. The number of hydrogen-bond donors (Lipinski definition) is 2. The van der Waals surface area contributed by atoms with Crippen molar-refractivity contribution in [2.45, 2.75) is 64.2 Å². The second-order valence-electron chi connectivity index (χ2n) is 9.79. The number of nitrogens with one attached hydrogen (secondary N) is 1. The Morgan fingerprint density at radius 2 is 1.80 bits per heavy atom. The highest BCUT2D eigenvalue weighted by Crippen LogP contribution is 2.61. The van der Waals surface area contributed by atoms with Crippen LogP contribution in [0.5, 0.6) is 0 Å². The van der Waals surface area contributed by atoms with E-state index in [-0.39, 0.29) is 0 Å². The Balaban J connectivity index is 1.16. The predicted octanol–water partition coefficient (Wildman–Crippen LogP) is 2.80. The smallest absolute Gasteiger partial charge is 0.220 e. The molecule has 4 aliphatic carbocycles. The zero-order valence-electron chi connectivity index (χ0n) is 15.7. The Bertz CT molecular complexity index is 443. The van der Waals surface area contributed by atoms with Crippen molar-refractivity contribution in [3.63, 3.8) is 0 Å². The number of aliphatic hydroxyl groups is 1. The lowest BCUT2D eigenvalue weighted by molar-refractivity contribution is -0.129. The third-order valence-electron chi connectivity index (χ3n) is 7.54. The van der Waals surface area contributed by atoms with Crippen LogP contribution in [0, 0.1) is 29.1 Å². The molecule has 0 unspecified atom stereocenters. The lowest BCUT2D eigenvalue weighted by Crippen LogP contribution is -2.48. The van der Waals surface area contributed by atoms with E-state index >= 15 is 0 Å². The Morgan fingerprint density at radius 1 is 1.12 bits per heavy atom. The quantitative estimate of drug-likeness (QED) is 0.696. The van der Waals surface area contributed by atoms with Crippen LogP contribution in [0.1, 0.15) is 64.2 Å². The third kappa shape index (κ3) is 4.21. The van der Waals surface area contributed by atoms with E-state index in [2.05, 4.69) is 10.2 Å². The molecule has 0 aromatic carbocycles. The third-order valence-corrected chi connectivity index (χ3v) is 7.54. The van der Waals surface area contributed by atoms with Crippen LogP contribution >= 0.6 is 0 Å². The lowest BCUT2D eigenvalue weighted by Gasteiger charge is -2.56. The fourth-order valence-electron chi connectivity index (χ4n) is 6.94. The van der Waals surface area contributed by atoms with E-state index in [1.807, 2.05) is 0 Å². The summed E-state index contributed by atoms with van der Waals surface area (Å²) < 4.78 is 0. The SMILES string of the molecule is O=C(CC12CC3CC(CC(C3)C1)C2)NCCCN1CCC[C@@H](CO)C1. The number of carbonyl (C=O) groups is 1. The summed E-state index contributed by atoms with van der Waals surface area (Å²) in [7, 11) is 0. The maximum atomic E-state index is 12.5. The summed E-state index contributed by atoms with van der Waals surface area (Å²) in [5.41, 5.74) is 0.361. The van der Waals surface area contributed by atoms with Gasteiger partial charge in [0.25, 0.3) is 0 Å². The molecule has 5 aliphatic rings. The normalized spacial score (nSPS) is 40.4. The molecule has 4 bridgehead atoms. The van der Waals surface area contributed by atoms with Crippen molar-refractivity contribution in [2.75, 3.05) is 32.8 Å². The lowest BCUT2D eigenvalue weighted by atomic mass is 9.49. The molecule has 25 heavy (non-hydrogen) atoms. The van der Waals surface area contributed by atoms with Gasteiger partial charge in [-0.1, -0.05) is 0 Å². The number of piperidine rings is 1. The molecule has 4 saturated carbocycles. The molecule has 142 valence electrons. The van der Waals surface area contributed by atoms with Crippen molar-refractivity contribution in [3.05, 3.63) is 0 Å². The highest BCUT2D eigenvalue weighted by atomic mass is 16.3.